The third-order valence-corrected chi connectivity index (χ3v) is 6.12. The fourth-order valence-corrected chi connectivity index (χ4v) is 4.30. The molecule has 2 heterocycles. The Morgan fingerprint density at radius 2 is 1.81 bits per heavy atom. The highest BCUT2D eigenvalue weighted by molar-refractivity contribution is 6.37. The Kier molecular flexibility index (Phi) is 9.44. The van der Waals surface area contributed by atoms with E-state index in [0.717, 1.165) is 44.6 Å². The number of pyridine rings is 1. The van der Waals surface area contributed by atoms with Crippen molar-refractivity contribution in [3.63, 3.8) is 0 Å². The Bertz CT molecular complexity index is 817. The molecule has 7 heteroatoms. The van der Waals surface area contributed by atoms with E-state index in [9.17, 15) is 4.79 Å². The monoisotopic (exact) mass is 463 g/mol. The van der Waals surface area contributed by atoms with Crippen molar-refractivity contribution in [2.45, 2.75) is 39.0 Å². The van der Waals surface area contributed by atoms with E-state index in [4.69, 9.17) is 27.9 Å². The zero-order valence-electron chi connectivity index (χ0n) is 18.2. The van der Waals surface area contributed by atoms with Crippen molar-refractivity contribution in [1.82, 2.24) is 14.8 Å². The molecule has 31 heavy (non-hydrogen) atoms. The Labute approximate surface area is 195 Å². The second-order valence-corrected chi connectivity index (χ2v) is 8.70. The summed E-state index contributed by atoms with van der Waals surface area (Å²) in [5.74, 6) is 0.429. The van der Waals surface area contributed by atoms with E-state index >= 15 is 0 Å². The van der Waals surface area contributed by atoms with Crippen LogP contribution < -0.4 is 4.74 Å². The van der Waals surface area contributed by atoms with Gasteiger partial charge in [0.15, 0.2) is 5.75 Å². The van der Waals surface area contributed by atoms with Gasteiger partial charge in [-0.25, -0.2) is 0 Å². The number of carbonyl (C=O) groups excluding carboxylic acids is 1. The molecule has 1 aliphatic rings. The number of unbranched alkanes of at least 4 members (excludes halogenated alkanes) is 3. The molecule has 0 spiro atoms. The number of hydrogen-bond acceptors (Lipinski definition) is 4. The van der Waals surface area contributed by atoms with Crippen molar-refractivity contribution >= 4 is 29.1 Å². The summed E-state index contributed by atoms with van der Waals surface area (Å²) in [6, 6.07) is 9.33. The first-order valence-corrected chi connectivity index (χ1v) is 11.9. The van der Waals surface area contributed by atoms with Crippen LogP contribution in [0.4, 0.5) is 0 Å². The van der Waals surface area contributed by atoms with Crippen LogP contribution in [0.2, 0.25) is 10.0 Å². The minimum absolute atomic E-state index is 0.0392. The van der Waals surface area contributed by atoms with Gasteiger partial charge in [-0.15, -0.1) is 0 Å². The quantitative estimate of drug-likeness (QED) is 0.445. The van der Waals surface area contributed by atoms with Crippen LogP contribution in [0, 0.1) is 0 Å². The van der Waals surface area contributed by atoms with E-state index in [1.807, 2.05) is 29.3 Å². The van der Waals surface area contributed by atoms with E-state index < -0.39 is 0 Å². The molecule has 2 aromatic rings. The number of carbonyl (C=O) groups is 1. The lowest BCUT2D eigenvalue weighted by atomic mass is 10.1. The highest BCUT2D eigenvalue weighted by atomic mass is 35.5. The molecule has 5 nitrogen and oxygen atoms in total. The predicted molar refractivity (Wildman–Crippen MR) is 126 cm³/mol. The molecule has 0 aliphatic carbocycles. The van der Waals surface area contributed by atoms with Crippen molar-refractivity contribution < 1.29 is 9.53 Å². The number of piperazine rings is 1. The van der Waals surface area contributed by atoms with E-state index in [2.05, 4.69) is 16.8 Å². The van der Waals surface area contributed by atoms with Gasteiger partial charge in [-0.3, -0.25) is 14.7 Å². The molecule has 1 aliphatic heterocycles. The molecule has 1 saturated heterocycles. The average Bonchev–Trinajstić information content (AvgIpc) is 2.79. The first-order valence-electron chi connectivity index (χ1n) is 11.1. The SMILES string of the molecule is CCCCCCOc1c(Cl)cc(C(=O)N2CCN(CCc3ccccn3)CC2)cc1Cl. The predicted octanol–water partition coefficient (Wildman–Crippen LogP) is 5.35. The van der Waals surface area contributed by atoms with Crippen LogP contribution in [0.25, 0.3) is 0 Å². The fourth-order valence-electron chi connectivity index (χ4n) is 3.70. The molecule has 1 fully saturated rings. The van der Waals surface area contributed by atoms with Crippen molar-refractivity contribution in [1.29, 1.82) is 0 Å². The maximum Gasteiger partial charge on any atom is 0.254 e. The van der Waals surface area contributed by atoms with Gasteiger partial charge in [0.1, 0.15) is 0 Å². The zero-order valence-corrected chi connectivity index (χ0v) is 19.7. The first kappa shape index (κ1) is 23.8. The number of nitrogens with zero attached hydrogens (tertiary/aromatic N) is 3. The van der Waals surface area contributed by atoms with Gasteiger partial charge in [-0.1, -0.05) is 55.5 Å². The van der Waals surface area contributed by atoms with Gasteiger partial charge in [0.2, 0.25) is 0 Å². The van der Waals surface area contributed by atoms with Crippen molar-refractivity contribution in [3.05, 3.63) is 57.8 Å². The smallest absolute Gasteiger partial charge is 0.254 e. The summed E-state index contributed by atoms with van der Waals surface area (Å²) in [7, 11) is 0. The number of halogens is 2. The van der Waals surface area contributed by atoms with E-state index in [-0.39, 0.29) is 5.91 Å². The van der Waals surface area contributed by atoms with Crippen LogP contribution in [-0.2, 0) is 6.42 Å². The largest absolute Gasteiger partial charge is 0.490 e. The number of aromatic nitrogens is 1. The number of hydrogen-bond donors (Lipinski definition) is 0. The molecule has 168 valence electrons. The molecule has 0 unspecified atom stereocenters. The summed E-state index contributed by atoms with van der Waals surface area (Å²) in [5, 5.41) is 0.778. The number of benzene rings is 1. The molecular formula is C24H31Cl2N3O2. The number of ether oxygens (including phenoxy) is 1. The topological polar surface area (TPSA) is 45.7 Å². The third kappa shape index (κ3) is 7.09. The summed E-state index contributed by atoms with van der Waals surface area (Å²) in [6.07, 6.45) is 7.19. The second kappa shape index (κ2) is 12.3. The highest BCUT2D eigenvalue weighted by Crippen LogP contribution is 2.35. The van der Waals surface area contributed by atoms with Crippen LogP contribution in [0.1, 0.15) is 48.7 Å². The van der Waals surface area contributed by atoms with Gasteiger partial charge in [-0.05, 0) is 30.7 Å². The minimum atomic E-state index is -0.0392. The van der Waals surface area contributed by atoms with E-state index in [1.54, 1.807) is 12.1 Å². The van der Waals surface area contributed by atoms with Crippen molar-refractivity contribution in [2.75, 3.05) is 39.3 Å². The molecule has 3 rings (SSSR count). The Balaban J connectivity index is 1.49. The van der Waals surface area contributed by atoms with Gasteiger partial charge in [0.25, 0.3) is 5.91 Å². The summed E-state index contributed by atoms with van der Waals surface area (Å²) in [6.45, 7) is 6.76. The van der Waals surface area contributed by atoms with Crippen molar-refractivity contribution in [3.8, 4) is 5.75 Å². The minimum Gasteiger partial charge on any atom is -0.490 e. The summed E-state index contributed by atoms with van der Waals surface area (Å²) < 4.78 is 5.77. The Morgan fingerprint density at radius 3 is 2.45 bits per heavy atom. The van der Waals surface area contributed by atoms with Crippen LogP contribution in [0.5, 0.6) is 5.75 Å². The van der Waals surface area contributed by atoms with E-state index in [0.29, 0.717) is 41.1 Å². The van der Waals surface area contributed by atoms with E-state index in [1.165, 1.54) is 12.8 Å². The molecule has 0 radical (unpaired) electrons. The summed E-state index contributed by atoms with van der Waals surface area (Å²) in [4.78, 5) is 21.6. The van der Waals surface area contributed by atoms with Crippen LogP contribution in [-0.4, -0.2) is 60.0 Å². The highest BCUT2D eigenvalue weighted by Gasteiger charge is 2.23. The normalized spacial score (nSPS) is 14.6. The molecule has 0 saturated carbocycles. The van der Waals surface area contributed by atoms with Gasteiger partial charge < -0.3 is 9.64 Å². The van der Waals surface area contributed by atoms with Crippen LogP contribution in [0.15, 0.2) is 36.5 Å². The second-order valence-electron chi connectivity index (χ2n) is 7.88. The lowest BCUT2D eigenvalue weighted by molar-refractivity contribution is 0.0638. The summed E-state index contributed by atoms with van der Waals surface area (Å²) in [5.41, 5.74) is 1.60. The lowest BCUT2D eigenvalue weighted by Crippen LogP contribution is -2.49. The Morgan fingerprint density at radius 1 is 1.06 bits per heavy atom. The molecule has 1 aromatic heterocycles. The standard InChI is InChI=1S/C24H31Cl2N3O2/c1-2-3-4-7-16-31-23-21(25)17-19(18-22(23)26)24(30)29-14-12-28(13-15-29)11-9-20-8-5-6-10-27-20/h5-6,8,10,17-18H,2-4,7,9,11-16H2,1H3. The molecule has 1 amide bonds. The third-order valence-electron chi connectivity index (χ3n) is 5.56. The zero-order chi connectivity index (χ0) is 22.1. The average molecular weight is 464 g/mol. The molecule has 0 bridgehead atoms. The maximum absolute atomic E-state index is 13.0. The molecule has 1 aromatic carbocycles. The molecule has 0 atom stereocenters. The fraction of sp³-hybridized carbons (Fsp3) is 0.500. The Hall–Kier alpha value is -1.82. The lowest BCUT2D eigenvalue weighted by Gasteiger charge is -2.34. The van der Waals surface area contributed by atoms with Gasteiger partial charge >= 0.3 is 0 Å². The number of rotatable bonds is 10. The van der Waals surface area contributed by atoms with Gasteiger partial charge in [0.05, 0.1) is 16.7 Å². The van der Waals surface area contributed by atoms with Gasteiger partial charge in [-0.2, -0.15) is 0 Å². The number of amides is 1. The maximum atomic E-state index is 13.0. The van der Waals surface area contributed by atoms with Crippen molar-refractivity contribution in [2.24, 2.45) is 0 Å². The first-order chi connectivity index (χ1) is 15.1. The van der Waals surface area contributed by atoms with Gasteiger partial charge in [0, 0.05) is 56.6 Å². The summed E-state index contributed by atoms with van der Waals surface area (Å²) >= 11 is 12.8. The van der Waals surface area contributed by atoms with Crippen LogP contribution >= 0.6 is 23.2 Å². The van der Waals surface area contributed by atoms with Crippen LogP contribution in [0.3, 0.4) is 0 Å². The molecule has 0 N–H and O–H groups in total. The molecular weight excluding hydrogens is 433 g/mol.